The molecule has 114 valence electrons. The molecular weight excluding hydrogens is 298 g/mol. The Kier molecular flexibility index (Phi) is 4.64. The Labute approximate surface area is 135 Å². The minimum absolute atomic E-state index is 0.0284. The van der Waals surface area contributed by atoms with E-state index in [1.807, 2.05) is 53.4 Å². The standard InChI is InChI=1S/C18H18ClNO2/c19-16-12-15(14-6-2-1-3-7-14)8-9-17(16)22-13-18(21)20-10-4-5-11-20/h1-3,6-9,12H,4-5,10-11,13H2. The van der Waals surface area contributed by atoms with Crippen LogP contribution >= 0.6 is 11.6 Å². The second-order valence-electron chi connectivity index (χ2n) is 5.39. The van der Waals surface area contributed by atoms with Gasteiger partial charge >= 0.3 is 0 Å². The van der Waals surface area contributed by atoms with Crippen LogP contribution < -0.4 is 4.74 Å². The van der Waals surface area contributed by atoms with Crippen molar-refractivity contribution in [3.63, 3.8) is 0 Å². The van der Waals surface area contributed by atoms with Crippen molar-refractivity contribution in [2.45, 2.75) is 12.8 Å². The highest BCUT2D eigenvalue weighted by atomic mass is 35.5. The zero-order chi connectivity index (χ0) is 15.4. The van der Waals surface area contributed by atoms with Gasteiger partial charge in [-0.2, -0.15) is 0 Å². The van der Waals surface area contributed by atoms with Crippen molar-refractivity contribution in [2.24, 2.45) is 0 Å². The number of hydrogen-bond donors (Lipinski definition) is 0. The summed E-state index contributed by atoms with van der Waals surface area (Å²) in [5, 5.41) is 0.524. The smallest absolute Gasteiger partial charge is 0.260 e. The van der Waals surface area contributed by atoms with Crippen molar-refractivity contribution in [1.82, 2.24) is 4.90 Å². The van der Waals surface area contributed by atoms with Gasteiger partial charge < -0.3 is 9.64 Å². The van der Waals surface area contributed by atoms with E-state index < -0.39 is 0 Å². The van der Waals surface area contributed by atoms with Gasteiger partial charge in [-0.1, -0.05) is 48.0 Å². The summed E-state index contributed by atoms with van der Waals surface area (Å²) in [5.74, 6) is 0.578. The molecule has 3 nitrogen and oxygen atoms in total. The molecule has 0 atom stereocenters. The van der Waals surface area contributed by atoms with Crippen molar-refractivity contribution < 1.29 is 9.53 Å². The van der Waals surface area contributed by atoms with Crippen molar-refractivity contribution in [3.8, 4) is 16.9 Å². The average Bonchev–Trinajstić information content (AvgIpc) is 3.09. The largest absolute Gasteiger partial charge is 0.482 e. The maximum absolute atomic E-state index is 12.0. The molecule has 3 rings (SSSR count). The van der Waals surface area contributed by atoms with Crippen molar-refractivity contribution >= 4 is 17.5 Å². The molecule has 1 saturated heterocycles. The van der Waals surface area contributed by atoms with Gasteiger partial charge in [0, 0.05) is 13.1 Å². The van der Waals surface area contributed by atoms with Crippen molar-refractivity contribution in [3.05, 3.63) is 53.6 Å². The van der Waals surface area contributed by atoms with Gasteiger partial charge in [-0.05, 0) is 36.1 Å². The minimum atomic E-state index is 0.0284. The normalized spacial score (nSPS) is 14.1. The van der Waals surface area contributed by atoms with Gasteiger partial charge in [-0.25, -0.2) is 0 Å². The van der Waals surface area contributed by atoms with Crippen LogP contribution in [-0.4, -0.2) is 30.5 Å². The van der Waals surface area contributed by atoms with Gasteiger partial charge in [0.05, 0.1) is 5.02 Å². The molecule has 0 N–H and O–H groups in total. The second kappa shape index (κ2) is 6.84. The molecule has 0 radical (unpaired) electrons. The molecule has 1 aliphatic heterocycles. The van der Waals surface area contributed by atoms with Crippen molar-refractivity contribution in [2.75, 3.05) is 19.7 Å². The Hall–Kier alpha value is -2.00. The first-order chi connectivity index (χ1) is 10.7. The fourth-order valence-corrected chi connectivity index (χ4v) is 2.86. The fraction of sp³-hybridized carbons (Fsp3) is 0.278. The van der Waals surface area contributed by atoms with Crippen LogP contribution in [0.2, 0.25) is 5.02 Å². The Balaban J connectivity index is 1.66. The Morgan fingerprint density at radius 2 is 1.77 bits per heavy atom. The molecule has 0 saturated carbocycles. The molecule has 1 aliphatic rings. The second-order valence-corrected chi connectivity index (χ2v) is 5.79. The average molecular weight is 316 g/mol. The molecule has 0 bridgehead atoms. The predicted octanol–water partition coefficient (Wildman–Crippen LogP) is 4.01. The van der Waals surface area contributed by atoms with E-state index >= 15 is 0 Å². The molecule has 0 unspecified atom stereocenters. The van der Waals surface area contributed by atoms with Gasteiger partial charge in [0.15, 0.2) is 6.61 Å². The number of carbonyl (C=O) groups is 1. The van der Waals surface area contributed by atoms with Crippen LogP contribution in [0.5, 0.6) is 5.75 Å². The van der Waals surface area contributed by atoms with E-state index in [0.717, 1.165) is 37.1 Å². The van der Waals surface area contributed by atoms with Gasteiger partial charge in [-0.15, -0.1) is 0 Å². The highest BCUT2D eigenvalue weighted by molar-refractivity contribution is 6.32. The van der Waals surface area contributed by atoms with Crippen LogP contribution in [0.3, 0.4) is 0 Å². The van der Waals surface area contributed by atoms with E-state index in [1.54, 1.807) is 0 Å². The Morgan fingerprint density at radius 1 is 1.05 bits per heavy atom. The molecule has 0 aromatic heterocycles. The molecule has 1 heterocycles. The highest BCUT2D eigenvalue weighted by Crippen LogP contribution is 2.30. The van der Waals surface area contributed by atoms with Gasteiger partial charge in [-0.3, -0.25) is 4.79 Å². The fourth-order valence-electron chi connectivity index (χ4n) is 2.63. The number of rotatable bonds is 4. The van der Waals surface area contributed by atoms with E-state index in [0.29, 0.717) is 10.8 Å². The summed E-state index contributed by atoms with van der Waals surface area (Å²) in [4.78, 5) is 13.8. The molecule has 4 heteroatoms. The van der Waals surface area contributed by atoms with Gasteiger partial charge in [0.25, 0.3) is 5.91 Å². The molecule has 0 spiro atoms. The number of carbonyl (C=O) groups excluding carboxylic acids is 1. The number of nitrogens with zero attached hydrogens (tertiary/aromatic N) is 1. The van der Waals surface area contributed by atoms with E-state index in [-0.39, 0.29) is 12.5 Å². The van der Waals surface area contributed by atoms with E-state index in [4.69, 9.17) is 16.3 Å². The number of amides is 1. The quantitative estimate of drug-likeness (QED) is 0.853. The Bertz CT molecular complexity index is 651. The molecule has 1 fully saturated rings. The lowest BCUT2D eigenvalue weighted by Gasteiger charge is -2.16. The molecular formula is C18H18ClNO2. The summed E-state index contributed by atoms with van der Waals surface area (Å²) < 4.78 is 5.58. The predicted molar refractivity (Wildman–Crippen MR) is 88.2 cm³/mol. The van der Waals surface area contributed by atoms with Gasteiger partial charge in [0.1, 0.15) is 5.75 Å². The number of hydrogen-bond acceptors (Lipinski definition) is 2. The lowest BCUT2D eigenvalue weighted by atomic mass is 10.1. The number of ether oxygens (including phenoxy) is 1. The summed E-state index contributed by atoms with van der Waals surface area (Å²) in [7, 11) is 0. The lowest BCUT2D eigenvalue weighted by molar-refractivity contribution is -0.132. The zero-order valence-corrected chi connectivity index (χ0v) is 13.1. The molecule has 0 aliphatic carbocycles. The first-order valence-corrected chi connectivity index (χ1v) is 7.87. The number of likely N-dealkylation sites (tertiary alicyclic amines) is 1. The van der Waals surface area contributed by atoms with Crippen LogP contribution in [-0.2, 0) is 4.79 Å². The monoisotopic (exact) mass is 315 g/mol. The van der Waals surface area contributed by atoms with Crippen LogP contribution in [0.1, 0.15) is 12.8 Å². The number of halogens is 1. The van der Waals surface area contributed by atoms with Crippen LogP contribution in [0.4, 0.5) is 0 Å². The van der Waals surface area contributed by atoms with Crippen LogP contribution in [0.15, 0.2) is 48.5 Å². The summed E-state index contributed by atoms with van der Waals surface area (Å²) >= 11 is 6.27. The summed E-state index contributed by atoms with van der Waals surface area (Å²) in [6, 6.07) is 15.7. The van der Waals surface area contributed by atoms with E-state index in [1.165, 1.54) is 0 Å². The van der Waals surface area contributed by atoms with Crippen LogP contribution in [0, 0.1) is 0 Å². The third-order valence-corrected chi connectivity index (χ3v) is 4.14. The highest BCUT2D eigenvalue weighted by Gasteiger charge is 2.18. The molecule has 1 amide bonds. The van der Waals surface area contributed by atoms with Crippen LogP contribution in [0.25, 0.3) is 11.1 Å². The van der Waals surface area contributed by atoms with E-state index in [2.05, 4.69) is 0 Å². The summed E-state index contributed by atoms with van der Waals surface area (Å²) in [5.41, 5.74) is 2.13. The molecule has 2 aromatic rings. The first kappa shape index (κ1) is 14.9. The minimum Gasteiger partial charge on any atom is -0.482 e. The maximum Gasteiger partial charge on any atom is 0.260 e. The topological polar surface area (TPSA) is 29.5 Å². The number of benzene rings is 2. The van der Waals surface area contributed by atoms with Gasteiger partial charge in [0.2, 0.25) is 0 Å². The summed E-state index contributed by atoms with van der Waals surface area (Å²) in [6.45, 7) is 1.72. The zero-order valence-electron chi connectivity index (χ0n) is 12.3. The van der Waals surface area contributed by atoms with E-state index in [9.17, 15) is 4.79 Å². The lowest BCUT2D eigenvalue weighted by Crippen LogP contribution is -2.32. The Morgan fingerprint density at radius 3 is 2.45 bits per heavy atom. The molecule has 22 heavy (non-hydrogen) atoms. The first-order valence-electron chi connectivity index (χ1n) is 7.49. The third kappa shape index (κ3) is 3.42. The maximum atomic E-state index is 12.0. The SMILES string of the molecule is O=C(COc1ccc(-c2ccccc2)cc1Cl)N1CCCC1. The molecule has 2 aromatic carbocycles. The third-order valence-electron chi connectivity index (χ3n) is 3.85. The summed E-state index contributed by atoms with van der Waals surface area (Å²) in [6.07, 6.45) is 2.16. The van der Waals surface area contributed by atoms with Crippen molar-refractivity contribution in [1.29, 1.82) is 0 Å².